The van der Waals surface area contributed by atoms with Crippen LogP contribution in [0.3, 0.4) is 0 Å². The molecule has 4 rings (SSSR count). The lowest BCUT2D eigenvalue weighted by atomic mass is 10.1. The Morgan fingerprint density at radius 3 is 2.48 bits per heavy atom. The predicted molar refractivity (Wildman–Crippen MR) is 111 cm³/mol. The van der Waals surface area contributed by atoms with Crippen LogP contribution in [0.25, 0.3) is 16.5 Å². The minimum atomic E-state index is -0.260. The second-order valence-corrected chi connectivity index (χ2v) is 6.90. The highest BCUT2D eigenvalue weighted by atomic mass is 16.1. The van der Waals surface area contributed by atoms with Gasteiger partial charge in [0.2, 0.25) is 5.91 Å². The molecule has 0 aliphatic heterocycles. The molecular formula is C22H21N5O2. The summed E-state index contributed by atoms with van der Waals surface area (Å²) < 4.78 is 1.88. The molecule has 0 saturated carbocycles. The molecule has 0 radical (unpaired) electrons. The number of para-hydroxylation sites is 1. The van der Waals surface area contributed by atoms with Crippen molar-refractivity contribution in [3.05, 3.63) is 87.6 Å². The van der Waals surface area contributed by atoms with Gasteiger partial charge in [0.25, 0.3) is 5.56 Å². The van der Waals surface area contributed by atoms with Crippen molar-refractivity contribution in [1.82, 2.24) is 25.3 Å². The Labute approximate surface area is 167 Å². The van der Waals surface area contributed by atoms with E-state index in [1.165, 1.54) is 0 Å². The first-order chi connectivity index (χ1) is 14.0. The summed E-state index contributed by atoms with van der Waals surface area (Å²) in [4.78, 5) is 24.4. The molecule has 0 fully saturated rings. The zero-order valence-corrected chi connectivity index (χ0v) is 16.3. The summed E-state index contributed by atoms with van der Waals surface area (Å²) in [5.41, 5.74) is 4.12. The van der Waals surface area contributed by atoms with Crippen molar-refractivity contribution in [2.45, 2.75) is 26.8 Å². The molecule has 7 nitrogen and oxygen atoms in total. The van der Waals surface area contributed by atoms with Crippen LogP contribution >= 0.6 is 0 Å². The Morgan fingerprint density at radius 1 is 1.03 bits per heavy atom. The van der Waals surface area contributed by atoms with Crippen molar-refractivity contribution in [3.8, 4) is 5.69 Å². The molecule has 2 N–H and O–H groups in total. The highest BCUT2D eigenvalue weighted by Gasteiger charge is 2.15. The van der Waals surface area contributed by atoms with E-state index >= 15 is 0 Å². The average Bonchev–Trinajstić information content (AvgIpc) is 3.03. The molecule has 0 unspecified atom stereocenters. The van der Waals surface area contributed by atoms with Crippen LogP contribution in [-0.2, 0) is 17.8 Å². The number of benzene rings is 2. The number of nitrogens with one attached hydrogen (secondary N) is 2. The second-order valence-electron chi connectivity index (χ2n) is 6.90. The summed E-state index contributed by atoms with van der Waals surface area (Å²) in [5, 5.41) is 15.3. The van der Waals surface area contributed by atoms with Gasteiger partial charge in [-0.15, -0.1) is 0 Å². The van der Waals surface area contributed by atoms with Gasteiger partial charge >= 0.3 is 0 Å². The minimum Gasteiger partial charge on any atom is -0.352 e. The van der Waals surface area contributed by atoms with Crippen molar-refractivity contribution in [2.24, 2.45) is 0 Å². The number of nitrogens with zero attached hydrogens (tertiary/aromatic N) is 3. The largest absolute Gasteiger partial charge is 0.352 e. The maximum atomic E-state index is 12.5. The fraction of sp³-hybridized carbons (Fsp3) is 0.182. The number of hydrogen-bond donors (Lipinski definition) is 2. The van der Waals surface area contributed by atoms with E-state index in [0.717, 1.165) is 22.6 Å². The zero-order valence-electron chi connectivity index (χ0n) is 16.3. The molecule has 0 aliphatic rings. The van der Waals surface area contributed by atoms with Crippen molar-refractivity contribution in [2.75, 3.05) is 0 Å². The van der Waals surface area contributed by atoms with Crippen LogP contribution in [0.5, 0.6) is 0 Å². The third-order valence-electron chi connectivity index (χ3n) is 5.01. The van der Waals surface area contributed by atoms with Crippen LogP contribution in [0.4, 0.5) is 0 Å². The van der Waals surface area contributed by atoms with Gasteiger partial charge in [-0.1, -0.05) is 36.4 Å². The molecule has 4 aromatic rings. The van der Waals surface area contributed by atoms with E-state index in [1.54, 1.807) is 18.2 Å². The van der Waals surface area contributed by atoms with Gasteiger partial charge in [-0.3, -0.25) is 9.59 Å². The minimum absolute atomic E-state index is 0.0855. The maximum absolute atomic E-state index is 12.5. The molecule has 7 heteroatoms. The van der Waals surface area contributed by atoms with Crippen LogP contribution < -0.4 is 10.9 Å². The topological polar surface area (TPSA) is 92.7 Å². The Morgan fingerprint density at radius 2 is 1.72 bits per heavy atom. The summed E-state index contributed by atoms with van der Waals surface area (Å²) in [7, 11) is 0. The molecule has 0 aliphatic carbocycles. The molecule has 0 bridgehead atoms. The molecule has 146 valence electrons. The monoisotopic (exact) mass is 387 g/mol. The number of aromatic nitrogens is 4. The quantitative estimate of drug-likeness (QED) is 0.550. The lowest BCUT2D eigenvalue weighted by molar-refractivity contribution is -0.120. The van der Waals surface area contributed by atoms with E-state index in [2.05, 4.69) is 20.6 Å². The summed E-state index contributed by atoms with van der Waals surface area (Å²) >= 11 is 0. The number of H-pyrrole nitrogens is 1. The first-order valence-corrected chi connectivity index (χ1v) is 9.38. The first kappa shape index (κ1) is 18.6. The number of carbonyl (C=O) groups excluding carboxylic acids is 1. The van der Waals surface area contributed by atoms with Crippen molar-refractivity contribution in [1.29, 1.82) is 0 Å². The molecule has 0 saturated heterocycles. The van der Waals surface area contributed by atoms with Gasteiger partial charge in [0, 0.05) is 23.2 Å². The Hall–Kier alpha value is -3.74. The van der Waals surface area contributed by atoms with E-state index < -0.39 is 0 Å². The Kier molecular flexibility index (Phi) is 4.95. The van der Waals surface area contributed by atoms with Gasteiger partial charge in [-0.25, -0.2) is 9.78 Å². The summed E-state index contributed by atoms with van der Waals surface area (Å²) in [6.07, 6.45) is 0.0855. The van der Waals surface area contributed by atoms with Crippen LogP contribution in [0, 0.1) is 13.8 Å². The van der Waals surface area contributed by atoms with Gasteiger partial charge in [-0.05, 0) is 32.0 Å². The van der Waals surface area contributed by atoms with Crippen LogP contribution in [0.1, 0.15) is 22.6 Å². The fourth-order valence-corrected chi connectivity index (χ4v) is 3.46. The lowest BCUT2D eigenvalue weighted by Crippen LogP contribution is -2.26. The molecule has 0 atom stereocenters. The fourth-order valence-electron chi connectivity index (χ4n) is 3.46. The van der Waals surface area contributed by atoms with Crippen molar-refractivity contribution in [3.63, 3.8) is 0 Å². The van der Waals surface area contributed by atoms with Gasteiger partial charge in [0.1, 0.15) is 0 Å². The maximum Gasteiger partial charge on any atom is 0.272 e. The number of aromatic amines is 1. The van der Waals surface area contributed by atoms with E-state index in [4.69, 9.17) is 0 Å². The molecule has 2 aromatic heterocycles. The highest BCUT2D eigenvalue weighted by molar-refractivity contribution is 5.88. The number of hydrogen-bond acceptors (Lipinski definition) is 4. The van der Waals surface area contributed by atoms with Crippen LogP contribution in [0.15, 0.2) is 59.4 Å². The van der Waals surface area contributed by atoms with Gasteiger partial charge in [0.05, 0.1) is 28.9 Å². The molecule has 29 heavy (non-hydrogen) atoms. The number of carbonyl (C=O) groups is 1. The van der Waals surface area contributed by atoms with E-state index in [1.807, 2.05) is 54.9 Å². The van der Waals surface area contributed by atoms with Crippen molar-refractivity contribution >= 4 is 16.7 Å². The Balaban J connectivity index is 1.51. The van der Waals surface area contributed by atoms with E-state index in [9.17, 15) is 9.59 Å². The third-order valence-corrected chi connectivity index (χ3v) is 5.01. The summed E-state index contributed by atoms with van der Waals surface area (Å²) in [6, 6.07) is 17.0. The summed E-state index contributed by atoms with van der Waals surface area (Å²) in [6.45, 7) is 4.31. The Bertz CT molecular complexity index is 1240. The number of amides is 1. The number of rotatable bonds is 5. The zero-order chi connectivity index (χ0) is 20.4. The van der Waals surface area contributed by atoms with E-state index in [0.29, 0.717) is 23.0 Å². The molecule has 0 spiro atoms. The lowest BCUT2D eigenvalue weighted by Gasteiger charge is -2.08. The smallest absolute Gasteiger partial charge is 0.272 e. The normalized spacial score (nSPS) is 11.0. The first-order valence-electron chi connectivity index (χ1n) is 9.38. The standard InChI is InChI=1S/C22H21N5O2/c1-14-19(15(2)27(26-14)16-8-4-3-5-9-16)13-23-21(28)12-20-17-10-6-7-11-18(17)22(29)25-24-20/h3-11H,12-13H2,1-2H3,(H,23,28)(H,25,29). The van der Waals surface area contributed by atoms with Crippen LogP contribution in [0.2, 0.25) is 0 Å². The molecular weight excluding hydrogens is 366 g/mol. The predicted octanol–water partition coefficient (Wildman–Crippen LogP) is 2.58. The van der Waals surface area contributed by atoms with Gasteiger partial charge < -0.3 is 5.32 Å². The SMILES string of the molecule is Cc1nn(-c2ccccc2)c(C)c1CNC(=O)Cc1n[nH]c(=O)c2ccccc12. The van der Waals surface area contributed by atoms with E-state index in [-0.39, 0.29) is 17.9 Å². The number of fused-ring (bicyclic) bond motifs is 1. The van der Waals surface area contributed by atoms with Gasteiger partial charge in [0.15, 0.2) is 0 Å². The number of aryl methyl sites for hydroxylation is 1. The summed E-state index contributed by atoms with van der Waals surface area (Å²) in [5.74, 6) is -0.166. The highest BCUT2D eigenvalue weighted by Crippen LogP contribution is 2.18. The molecule has 2 heterocycles. The van der Waals surface area contributed by atoms with Crippen LogP contribution in [-0.4, -0.2) is 25.9 Å². The third kappa shape index (κ3) is 3.67. The average molecular weight is 387 g/mol. The van der Waals surface area contributed by atoms with Crippen molar-refractivity contribution < 1.29 is 4.79 Å². The molecule has 2 aromatic carbocycles. The second kappa shape index (κ2) is 7.71. The molecule has 1 amide bonds. The van der Waals surface area contributed by atoms with Gasteiger partial charge in [-0.2, -0.15) is 10.2 Å².